The molecule has 0 radical (unpaired) electrons. The Kier molecular flexibility index (Phi) is 3.84. The molecule has 0 fully saturated rings. The fraction of sp³-hybridized carbons (Fsp3) is 0.583. The van der Waals surface area contributed by atoms with Crippen molar-refractivity contribution in [2.24, 2.45) is 5.73 Å². The van der Waals surface area contributed by atoms with Crippen LogP contribution in [0.2, 0.25) is 0 Å². The minimum atomic E-state index is -1.00. The number of carboxylic acids is 1. The first-order valence-corrected chi connectivity index (χ1v) is 6.28. The first-order chi connectivity index (χ1) is 9.04. The smallest absolute Gasteiger partial charge is 0.359 e. The number of aromatic nitrogens is 2. The molecule has 1 aliphatic carbocycles. The first kappa shape index (κ1) is 13.5. The second kappa shape index (κ2) is 5.40. The zero-order chi connectivity index (χ0) is 14.0. The van der Waals surface area contributed by atoms with E-state index in [-0.39, 0.29) is 24.9 Å². The van der Waals surface area contributed by atoms with Crippen molar-refractivity contribution in [1.29, 1.82) is 0 Å². The van der Waals surface area contributed by atoms with Crippen LogP contribution in [0.3, 0.4) is 0 Å². The molecule has 7 heteroatoms. The average molecular weight is 267 g/mol. The highest BCUT2D eigenvalue weighted by atomic mass is 16.5. The van der Waals surface area contributed by atoms with E-state index in [1.54, 1.807) is 6.92 Å². The lowest BCUT2D eigenvalue weighted by Crippen LogP contribution is -2.21. The molecule has 0 amide bonds. The van der Waals surface area contributed by atoms with Gasteiger partial charge in [-0.3, -0.25) is 9.48 Å². The molecular weight excluding hydrogens is 250 g/mol. The third-order valence-electron chi connectivity index (χ3n) is 3.15. The van der Waals surface area contributed by atoms with Gasteiger partial charge in [-0.05, 0) is 26.2 Å². The second-order valence-corrected chi connectivity index (χ2v) is 4.48. The minimum absolute atomic E-state index is 0.158. The van der Waals surface area contributed by atoms with Crippen LogP contribution in [0.15, 0.2) is 0 Å². The number of carboxylic acid groups (broad SMARTS) is 1. The molecular formula is C12H17N3O4. The van der Waals surface area contributed by atoms with Gasteiger partial charge < -0.3 is 15.6 Å². The van der Waals surface area contributed by atoms with Crippen LogP contribution in [0.4, 0.5) is 0 Å². The van der Waals surface area contributed by atoms with Gasteiger partial charge in [0.2, 0.25) is 0 Å². The fourth-order valence-corrected chi connectivity index (χ4v) is 2.41. The summed E-state index contributed by atoms with van der Waals surface area (Å²) >= 11 is 0. The summed E-state index contributed by atoms with van der Waals surface area (Å²) in [7, 11) is 0. The number of carbonyl (C=O) groups excluding carboxylic acids is 1. The number of carbonyl (C=O) groups is 2. The Morgan fingerprint density at radius 2 is 2.32 bits per heavy atom. The number of aliphatic carboxylic acids is 1. The normalized spacial score (nSPS) is 17.9. The molecule has 1 aliphatic rings. The van der Waals surface area contributed by atoms with E-state index in [0.717, 1.165) is 18.5 Å². The Labute approximate surface area is 110 Å². The quantitative estimate of drug-likeness (QED) is 0.768. The predicted molar refractivity (Wildman–Crippen MR) is 65.7 cm³/mol. The van der Waals surface area contributed by atoms with Gasteiger partial charge in [-0.1, -0.05) is 0 Å². The number of hydrogen-bond donors (Lipinski definition) is 2. The molecule has 3 N–H and O–H groups in total. The number of nitrogens with two attached hydrogens (primary N) is 1. The highest BCUT2D eigenvalue weighted by Gasteiger charge is 2.30. The van der Waals surface area contributed by atoms with E-state index in [9.17, 15) is 9.59 Å². The third kappa shape index (κ3) is 2.60. The maximum Gasteiger partial charge on any atom is 0.359 e. The Hall–Kier alpha value is -1.89. The van der Waals surface area contributed by atoms with Crippen LogP contribution in [0.1, 0.15) is 47.6 Å². The monoisotopic (exact) mass is 267 g/mol. The molecule has 1 unspecified atom stereocenters. The number of ether oxygens (including phenoxy) is 1. The van der Waals surface area contributed by atoms with E-state index in [4.69, 9.17) is 15.6 Å². The Bertz CT molecular complexity index is 509. The number of nitrogens with zero attached hydrogens (tertiary/aromatic N) is 2. The second-order valence-electron chi connectivity index (χ2n) is 4.48. The van der Waals surface area contributed by atoms with Crippen LogP contribution >= 0.6 is 0 Å². The van der Waals surface area contributed by atoms with Gasteiger partial charge in [0.1, 0.15) is 6.54 Å². The molecule has 0 saturated carbocycles. The zero-order valence-corrected chi connectivity index (χ0v) is 10.8. The highest BCUT2D eigenvalue weighted by molar-refractivity contribution is 5.89. The summed E-state index contributed by atoms with van der Waals surface area (Å²) in [5.74, 6) is -1.54. The Morgan fingerprint density at radius 1 is 1.58 bits per heavy atom. The predicted octanol–water partition coefficient (Wildman–Crippen LogP) is 0.481. The van der Waals surface area contributed by atoms with Crippen LogP contribution in [0, 0.1) is 0 Å². The van der Waals surface area contributed by atoms with Crippen molar-refractivity contribution in [1.82, 2.24) is 9.78 Å². The molecule has 0 aromatic carbocycles. The molecule has 0 bridgehead atoms. The van der Waals surface area contributed by atoms with Gasteiger partial charge >= 0.3 is 11.9 Å². The summed E-state index contributed by atoms with van der Waals surface area (Å²) in [6.07, 6.45) is 2.31. The summed E-state index contributed by atoms with van der Waals surface area (Å²) in [5, 5.41) is 13.0. The molecule has 1 aromatic heterocycles. The zero-order valence-electron chi connectivity index (χ0n) is 10.8. The van der Waals surface area contributed by atoms with Gasteiger partial charge in [-0.15, -0.1) is 0 Å². The molecule has 1 aromatic rings. The van der Waals surface area contributed by atoms with Gasteiger partial charge in [-0.25, -0.2) is 4.79 Å². The molecule has 1 heterocycles. The standard InChI is InChI=1S/C12H17N3O4/c1-2-19-12(18)11-10-7(13)4-3-5-8(10)15(14-11)6-9(16)17/h7H,2-6,13H2,1H3,(H,16,17). The summed E-state index contributed by atoms with van der Waals surface area (Å²) in [6, 6.07) is -0.286. The first-order valence-electron chi connectivity index (χ1n) is 6.28. The molecule has 2 rings (SSSR count). The van der Waals surface area contributed by atoms with E-state index in [1.807, 2.05) is 0 Å². The van der Waals surface area contributed by atoms with Gasteiger partial charge in [-0.2, -0.15) is 5.10 Å². The van der Waals surface area contributed by atoms with Crippen LogP contribution in [0.25, 0.3) is 0 Å². The van der Waals surface area contributed by atoms with Crippen LogP contribution in [0.5, 0.6) is 0 Å². The summed E-state index contributed by atoms with van der Waals surface area (Å²) < 4.78 is 6.29. The lowest BCUT2D eigenvalue weighted by Gasteiger charge is -2.19. The topological polar surface area (TPSA) is 107 Å². The van der Waals surface area contributed by atoms with Gasteiger partial charge in [0.15, 0.2) is 5.69 Å². The highest BCUT2D eigenvalue weighted by Crippen LogP contribution is 2.31. The van der Waals surface area contributed by atoms with Gasteiger partial charge in [0.25, 0.3) is 0 Å². The van der Waals surface area contributed by atoms with Crippen molar-refractivity contribution < 1.29 is 19.4 Å². The van der Waals surface area contributed by atoms with Gasteiger partial charge in [0, 0.05) is 17.3 Å². The van der Waals surface area contributed by atoms with E-state index in [2.05, 4.69) is 5.10 Å². The largest absolute Gasteiger partial charge is 0.480 e. The van der Waals surface area contributed by atoms with Crippen LogP contribution < -0.4 is 5.73 Å². The van der Waals surface area contributed by atoms with Gasteiger partial charge in [0.05, 0.1) is 6.61 Å². The number of rotatable bonds is 4. The maximum atomic E-state index is 11.9. The van der Waals surface area contributed by atoms with Crippen molar-refractivity contribution in [2.45, 2.75) is 38.8 Å². The van der Waals surface area contributed by atoms with E-state index in [1.165, 1.54) is 4.68 Å². The van der Waals surface area contributed by atoms with E-state index in [0.29, 0.717) is 12.0 Å². The van der Waals surface area contributed by atoms with Crippen LogP contribution in [-0.2, 0) is 22.5 Å². The molecule has 7 nitrogen and oxygen atoms in total. The summed E-state index contributed by atoms with van der Waals surface area (Å²) in [6.45, 7) is 1.68. The average Bonchev–Trinajstić information content (AvgIpc) is 2.69. The maximum absolute atomic E-state index is 11.9. The molecule has 0 spiro atoms. The number of fused-ring (bicyclic) bond motifs is 1. The third-order valence-corrected chi connectivity index (χ3v) is 3.15. The van der Waals surface area contributed by atoms with Crippen molar-refractivity contribution in [2.75, 3.05) is 6.61 Å². The van der Waals surface area contributed by atoms with E-state index >= 15 is 0 Å². The fourth-order valence-electron chi connectivity index (χ4n) is 2.41. The number of hydrogen-bond acceptors (Lipinski definition) is 5. The SMILES string of the molecule is CCOC(=O)c1nn(CC(=O)O)c2c1C(N)CCC2. The molecule has 0 saturated heterocycles. The lowest BCUT2D eigenvalue weighted by atomic mass is 9.91. The van der Waals surface area contributed by atoms with E-state index < -0.39 is 11.9 Å². The number of esters is 1. The van der Waals surface area contributed by atoms with Crippen molar-refractivity contribution in [3.63, 3.8) is 0 Å². The Morgan fingerprint density at radius 3 is 2.95 bits per heavy atom. The van der Waals surface area contributed by atoms with Crippen molar-refractivity contribution in [3.05, 3.63) is 17.0 Å². The molecule has 0 aliphatic heterocycles. The van der Waals surface area contributed by atoms with Crippen LogP contribution in [-0.4, -0.2) is 33.4 Å². The molecule has 19 heavy (non-hydrogen) atoms. The lowest BCUT2D eigenvalue weighted by molar-refractivity contribution is -0.137. The summed E-state index contributed by atoms with van der Waals surface area (Å²) in [5.41, 5.74) is 7.56. The molecule has 1 atom stereocenters. The summed E-state index contributed by atoms with van der Waals surface area (Å²) in [4.78, 5) is 22.7. The van der Waals surface area contributed by atoms with Crippen molar-refractivity contribution >= 4 is 11.9 Å². The Balaban J connectivity index is 2.45. The molecule has 104 valence electrons. The minimum Gasteiger partial charge on any atom is -0.480 e. The van der Waals surface area contributed by atoms with Crippen molar-refractivity contribution in [3.8, 4) is 0 Å².